The molecule has 1 saturated heterocycles. The number of hydrogen-bond donors (Lipinski definition) is 2. The summed E-state index contributed by atoms with van der Waals surface area (Å²) in [7, 11) is -6.92. The molecule has 0 bridgehead atoms. The van der Waals surface area contributed by atoms with Crippen molar-refractivity contribution in [2.45, 2.75) is 28.7 Å². The molecule has 2 rings (SSSR count). The van der Waals surface area contributed by atoms with Crippen molar-refractivity contribution in [2.75, 3.05) is 19.3 Å². The smallest absolute Gasteiger partial charge is 0.240 e. The van der Waals surface area contributed by atoms with Crippen molar-refractivity contribution in [3.63, 3.8) is 0 Å². The van der Waals surface area contributed by atoms with Gasteiger partial charge in [-0.05, 0) is 43.7 Å². The Bertz CT molecular complexity index is 660. The van der Waals surface area contributed by atoms with Gasteiger partial charge in [0.15, 0.2) is 9.84 Å². The number of sulfonamides is 1. The molecule has 0 radical (unpaired) electrons. The molecule has 2 N–H and O–H groups in total. The topological polar surface area (TPSA) is 92.3 Å². The van der Waals surface area contributed by atoms with Crippen LogP contribution in [0.4, 0.5) is 0 Å². The van der Waals surface area contributed by atoms with Gasteiger partial charge in [0.25, 0.3) is 0 Å². The quantitative estimate of drug-likeness (QED) is 0.823. The molecule has 1 atom stereocenters. The van der Waals surface area contributed by atoms with Crippen molar-refractivity contribution in [3.05, 3.63) is 24.3 Å². The molecule has 8 heteroatoms. The summed E-state index contributed by atoms with van der Waals surface area (Å²) >= 11 is 0. The normalized spacial score (nSPS) is 20.8. The summed E-state index contributed by atoms with van der Waals surface area (Å²) in [6.45, 7) is 1.52. The van der Waals surface area contributed by atoms with Crippen molar-refractivity contribution < 1.29 is 16.8 Å². The first-order valence-corrected chi connectivity index (χ1v) is 9.70. The van der Waals surface area contributed by atoms with Crippen molar-refractivity contribution >= 4 is 19.9 Å². The van der Waals surface area contributed by atoms with Crippen molar-refractivity contribution in [1.82, 2.24) is 10.0 Å². The molecule has 1 aliphatic heterocycles. The Morgan fingerprint density at radius 3 is 2.20 bits per heavy atom. The standard InChI is InChI=1S/C12H18N2O4S2/c1-19(15,16)11-4-6-12(7-5-11)20(17,18)14-10-3-2-8-13-9-10/h4-7,10,13-14H,2-3,8-9H2,1H3/t10-/m0/s1. The third-order valence-corrected chi connectivity index (χ3v) is 5.85. The van der Waals surface area contributed by atoms with Crippen molar-refractivity contribution in [3.8, 4) is 0 Å². The van der Waals surface area contributed by atoms with Crippen molar-refractivity contribution in [1.29, 1.82) is 0 Å². The predicted octanol–water partition coefficient (Wildman–Crippen LogP) is 0.120. The molecule has 1 aromatic carbocycles. The van der Waals surface area contributed by atoms with E-state index >= 15 is 0 Å². The first-order valence-electron chi connectivity index (χ1n) is 6.32. The van der Waals surface area contributed by atoms with Gasteiger partial charge >= 0.3 is 0 Å². The lowest BCUT2D eigenvalue weighted by atomic mass is 10.1. The average Bonchev–Trinajstić information content (AvgIpc) is 2.38. The number of sulfone groups is 1. The molecular formula is C12H18N2O4S2. The van der Waals surface area contributed by atoms with Gasteiger partial charge in [-0.3, -0.25) is 0 Å². The van der Waals surface area contributed by atoms with E-state index in [1.807, 2.05) is 0 Å². The van der Waals surface area contributed by atoms with Crippen molar-refractivity contribution in [2.24, 2.45) is 0 Å². The summed E-state index contributed by atoms with van der Waals surface area (Å²) in [5.74, 6) is 0. The molecule has 112 valence electrons. The first kappa shape index (κ1) is 15.4. The SMILES string of the molecule is CS(=O)(=O)c1ccc(S(=O)(=O)N[C@H]2CCCNC2)cc1. The summed E-state index contributed by atoms with van der Waals surface area (Å²) in [6, 6.07) is 5.12. The zero-order valence-corrected chi connectivity index (χ0v) is 12.8. The molecule has 0 amide bonds. The minimum absolute atomic E-state index is 0.0791. The second-order valence-corrected chi connectivity index (χ2v) is 8.64. The minimum atomic E-state index is -3.61. The fraction of sp³-hybridized carbons (Fsp3) is 0.500. The van der Waals surface area contributed by atoms with E-state index in [4.69, 9.17) is 0 Å². The Hall–Kier alpha value is -0.960. The summed E-state index contributed by atoms with van der Waals surface area (Å²) in [4.78, 5) is 0.186. The zero-order chi connectivity index (χ0) is 14.8. The summed E-state index contributed by atoms with van der Waals surface area (Å²) < 4.78 is 49.7. The number of rotatable bonds is 4. The number of benzene rings is 1. The highest BCUT2D eigenvalue weighted by atomic mass is 32.2. The maximum atomic E-state index is 12.2. The molecule has 6 nitrogen and oxygen atoms in total. The van der Waals surface area contributed by atoms with Crippen LogP contribution in [0, 0.1) is 0 Å². The van der Waals surface area contributed by atoms with Gasteiger partial charge in [-0.15, -0.1) is 0 Å². The molecule has 0 unspecified atom stereocenters. The number of piperidine rings is 1. The lowest BCUT2D eigenvalue weighted by Gasteiger charge is -2.23. The van der Waals surface area contributed by atoms with Gasteiger partial charge in [-0.2, -0.15) is 0 Å². The maximum absolute atomic E-state index is 12.2. The van der Waals surface area contributed by atoms with E-state index in [-0.39, 0.29) is 15.8 Å². The Morgan fingerprint density at radius 2 is 1.70 bits per heavy atom. The summed E-state index contributed by atoms with van der Waals surface area (Å²) in [6.07, 6.45) is 2.82. The van der Waals surface area contributed by atoms with Crippen LogP contribution in [-0.2, 0) is 19.9 Å². The van der Waals surface area contributed by atoms with Gasteiger partial charge < -0.3 is 5.32 Å². The van der Waals surface area contributed by atoms with E-state index in [1.54, 1.807) is 0 Å². The van der Waals surface area contributed by atoms with Gasteiger partial charge in [-0.1, -0.05) is 0 Å². The van der Waals surface area contributed by atoms with Gasteiger partial charge in [0.1, 0.15) is 0 Å². The maximum Gasteiger partial charge on any atom is 0.240 e. The van der Waals surface area contributed by atoms with E-state index in [1.165, 1.54) is 24.3 Å². The summed E-state index contributed by atoms with van der Waals surface area (Å²) in [5.41, 5.74) is 0. The van der Waals surface area contributed by atoms with Gasteiger partial charge in [0, 0.05) is 18.8 Å². The molecule has 0 saturated carbocycles. The highest BCUT2D eigenvalue weighted by Gasteiger charge is 2.22. The van der Waals surface area contributed by atoms with Gasteiger partial charge in [-0.25, -0.2) is 21.6 Å². The van der Waals surface area contributed by atoms with Crippen LogP contribution in [-0.4, -0.2) is 42.2 Å². The van der Waals surface area contributed by atoms with E-state index in [2.05, 4.69) is 10.0 Å². The van der Waals surface area contributed by atoms with Crippen LogP contribution in [0.1, 0.15) is 12.8 Å². The fourth-order valence-corrected chi connectivity index (χ4v) is 4.01. The number of nitrogens with one attached hydrogen (secondary N) is 2. The van der Waals surface area contributed by atoms with Crippen LogP contribution in [0.15, 0.2) is 34.1 Å². The Kier molecular flexibility index (Phi) is 4.48. The lowest BCUT2D eigenvalue weighted by Crippen LogP contribution is -2.45. The second-order valence-electron chi connectivity index (χ2n) is 4.91. The Labute approximate surface area is 119 Å². The average molecular weight is 318 g/mol. The highest BCUT2D eigenvalue weighted by Crippen LogP contribution is 2.15. The first-order chi connectivity index (χ1) is 9.29. The van der Waals surface area contributed by atoms with E-state index in [0.29, 0.717) is 6.54 Å². The molecule has 0 aliphatic carbocycles. The van der Waals surface area contributed by atoms with Crippen LogP contribution in [0.5, 0.6) is 0 Å². The monoisotopic (exact) mass is 318 g/mol. The fourth-order valence-electron chi connectivity index (χ4n) is 2.11. The summed E-state index contributed by atoms with van der Waals surface area (Å²) in [5, 5.41) is 3.13. The number of hydrogen-bond acceptors (Lipinski definition) is 5. The molecular weight excluding hydrogens is 300 g/mol. The molecule has 1 aromatic rings. The molecule has 0 spiro atoms. The van der Waals surface area contributed by atoms with Gasteiger partial charge in [0.05, 0.1) is 9.79 Å². The highest BCUT2D eigenvalue weighted by molar-refractivity contribution is 7.90. The molecule has 1 fully saturated rings. The van der Waals surface area contributed by atoms with Crippen LogP contribution in [0.3, 0.4) is 0 Å². The second kappa shape index (κ2) is 5.80. The predicted molar refractivity (Wildman–Crippen MR) is 75.8 cm³/mol. The molecule has 1 aliphatic rings. The van der Waals surface area contributed by atoms with Crippen LogP contribution < -0.4 is 10.0 Å². The van der Waals surface area contributed by atoms with E-state index in [9.17, 15) is 16.8 Å². The van der Waals surface area contributed by atoms with Crippen LogP contribution in [0.25, 0.3) is 0 Å². The van der Waals surface area contributed by atoms with Crippen LogP contribution in [0.2, 0.25) is 0 Å². The largest absolute Gasteiger partial charge is 0.315 e. The Morgan fingerprint density at radius 1 is 1.10 bits per heavy atom. The molecule has 0 aromatic heterocycles. The zero-order valence-electron chi connectivity index (χ0n) is 11.2. The minimum Gasteiger partial charge on any atom is -0.315 e. The van der Waals surface area contributed by atoms with E-state index in [0.717, 1.165) is 25.6 Å². The molecule has 1 heterocycles. The van der Waals surface area contributed by atoms with Crippen LogP contribution >= 0.6 is 0 Å². The molecule has 20 heavy (non-hydrogen) atoms. The lowest BCUT2D eigenvalue weighted by molar-refractivity contribution is 0.428. The third-order valence-electron chi connectivity index (χ3n) is 3.18. The Balaban J connectivity index is 2.17. The van der Waals surface area contributed by atoms with Gasteiger partial charge in [0.2, 0.25) is 10.0 Å². The van der Waals surface area contributed by atoms with E-state index < -0.39 is 19.9 Å². The third kappa shape index (κ3) is 3.78.